The molecule has 0 radical (unpaired) electrons. The molecule has 1 aliphatic rings. The van der Waals surface area contributed by atoms with Crippen LogP contribution in [0.2, 0.25) is 0 Å². The van der Waals surface area contributed by atoms with Crippen molar-refractivity contribution in [3.63, 3.8) is 0 Å². The topological polar surface area (TPSA) is 41.6 Å². The van der Waals surface area contributed by atoms with Crippen LogP contribution in [0.25, 0.3) is 0 Å². The predicted octanol–water partition coefficient (Wildman–Crippen LogP) is 3.16. The lowest BCUT2D eigenvalue weighted by atomic mass is 10.2. The zero-order chi connectivity index (χ0) is 14.5. The van der Waals surface area contributed by atoms with E-state index in [0.29, 0.717) is 12.6 Å². The first-order valence-electron chi connectivity index (χ1n) is 7.52. The predicted molar refractivity (Wildman–Crippen MR) is 78.3 cm³/mol. The minimum atomic E-state index is -0.427. The Bertz CT molecular complexity index is 278. The molecule has 4 nitrogen and oxygen atoms in total. The summed E-state index contributed by atoms with van der Waals surface area (Å²) < 4.78 is 5.44. The van der Waals surface area contributed by atoms with Crippen molar-refractivity contribution in [3.05, 3.63) is 0 Å². The van der Waals surface area contributed by atoms with E-state index < -0.39 is 5.60 Å². The van der Waals surface area contributed by atoms with Crippen LogP contribution in [0.5, 0.6) is 0 Å². The van der Waals surface area contributed by atoms with Gasteiger partial charge in [0.05, 0.1) is 0 Å². The minimum Gasteiger partial charge on any atom is -0.444 e. The SMILES string of the molecule is CC(C)N(CCNC1CCCC1)C(=O)OC(C)(C)C. The van der Waals surface area contributed by atoms with Crippen LogP contribution in [-0.4, -0.2) is 41.8 Å². The maximum absolute atomic E-state index is 12.1. The van der Waals surface area contributed by atoms with E-state index in [9.17, 15) is 4.79 Å². The van der Waals surface area contributed by atoms with E-state index in [-0.39, 0.29) is 12.1 Å². The van der Waals surface area contributed by atoms with Crippen LogP contribution in [0.4, 0.5) is 4.79 Å². The first-order chi connectivity index (χ1) is 8.79. The third-order valence-electron chi connectivity index (χ3n) is 3.39. The zero-order valence-corrected chi connectivity index (χ0v) is 13.2. The fourth-order valence-corrected chi connectivity index (χ4v) is 2.40. The molecule has 0 atom stereocenters. The Morgan fingerprint density at radius 3 is 2.37 bits per heavy atom. The van der Waals surface area contributed by atoms with Gasteiger partial charge in [-0.1, -0.05) is 12.8 Å². The van der Waals surface area contributed by atoms with Gasteiger partial charge in [-0.2, -0.15) is 0 Å². The van der Waals surface area contributed by atoms with Crippen LogP contribution in [0, 0.1) is 0 Å². The van der Waals surface area contributed by atoms with Crippen LogP contribution in [-0.2, 0) is 4.74 Å². The van der Waals surface area contributed by atoms with E-state index in [2.05, 4.69) is 5.32 Å². The maximum Gasteiger partial charge on any atom is 0.410 e. The smallest absolute Gasteiger partial charge is 0.410 e. The molecule has 1 N–H and O–H groups in total. The number of ether oxygens (including phenoxy) is 1. The van der Waals surface area contributed by atoms with Gasteiger partial charge in [0.15, 0.2) is 0 Å². The number of carbonyl (C=O) groups excluding carboxylic acids is 1. The highest BCUT2D eigenvalue weighted by Gasteiger charge is 2.24. The van der Waals surface area contributed by atoms with Gasteiger partial charge < -0.3 is 15.0 Å². The molecule has 4 heteroatoms. The summed E-state index contributed by atoms with van der Waals surface area (Å²) in [4.78, 5) is 13.9. The Hall–Kier alpha value is -0.770. The fourth-order valence-electron chi connectivity index (χ4n) is 2.40. The Labute approximate surface area is 117 Å². The summed E-state index contributed by atoms with van der Waals surface area (Å²) in [6.45, 7) is 11.3. The van der Waals surface area contributed by atoms with Gasteiger partial charge in [-0.05, 0) is 47.5 Å². The second-order valence-corrected chi connectivity index (χ2v) is 6.70. The van der Waals surface area contributed by atoms with Gasteiger partial charge in [0.1, 0.15) is 5.60 Å². The summed E-state index contributed by atoms with van der Waals surface area (Å²) in [5, 5.41) is 3.54. The van der Waals surface area contributed by atoms with Gasteiger partial charge in [0.2, 0.25) is 0 Å². The Kier molecular flexibility index (Phi) is 6.11. The van der Waals surface area contributed by atoms with Crippen LogP contribution < -0.4 is 5.32 Å². The van der Waals surface area contributed by atoms with Crippen LogP contribution in [0.15, 0.2) is 0 Å². The summed E-state index contributed by atoms with van der Waals surface area (Å²) in [6, 6.07) is 0.813. The molecular formula is C15H30N2O2. The molecule has 0 bridgehead atoms. The lowest BCUT2D eigenvalue weighted by Crippen LogP contribution is -2.45. The average Bonchev–Trinajstić information content (AvgIpc) is 2.73. The summed E-state index contributed by atoms with van der Waals surface area (Å²) in [7, 11) is 0. The monoisotopic (exact) mass is 270 g/mol. The lowest BCUT2D eigenvalue weighted by Gasteiger charge is -2.30. The van der Waals surface area contributed by atoms with Crippen molar-refractivity contribution in [2.24, 2.45) is 0 Å². The van der Waals surface area contributed by atoms with E-state index in [4.69, 9.17) is 4.74 Å². The van der Waals surface area contributed by atoms with E-state index in [0.717, 1.165) is 6.54 Å². The molecule has 0 aliphatic heterocycles. The van der Waals surface area contributed by atoms with Crippen LogP contribution >= 0.6 is 0 Å². The van der Waals surface area contributed by atoms with Gasteiger partial charge in [-0.25, -0.2) is 4.79 Å². The fraction of sp³-hybridized carbons (Fsp3) is 0.933. The molecule has 0 unspecified atom stereocenters. The highest BCUT2D eigenvalue weighted by atomic mass is 16.6. The lowest BCUT2D eigenvalue weighted by molar-refractivity contribution is 0.0192. The summed E-state index contributed by atoms with van der Waals surface area (Å²) in [5.74, 6) is 0. The Morgan fingerprint density at radius 1 is 1.32 bits per heavy atom. The molecule has 112 valence electrons. The number of rotatable bonds is 5. The number of hydrogen-bond donors (Lipinski definition) is 1. The normalized spacial score (nSPS) is 16.9. The molecule has 0 aromatic heterocycles. The molecule has 1 amide bonds. The quantitative estimate of drug-likeness (QED) is 0.834. The first-order valence-corrected chi connectivity index (χ1v) is 7.52. The molecule has 0 aromatic rings. The number of amides is 1. The van der Waals surface area contributed by atoms with Gasteiger partial charge >= 0.3 is 6.09 Å². The first kappa shape index (κ1) is 16.3. The van der Waals surface area contributed by atoms with Crippen LogP contribution in [0.1, 0.15) is 60.3 Å². The molecule has 1 fully saturated rings. The van der Waals surface area contributed by atoms with E-state index in [1.807, 2.05) is 34.6 Å². The van der Waals surface area contributed by atoms with E-state index in [1.54, 1.807) is 4.90 Å². The maximum atomic E-state index is 12.1. The Morgan fingerprint density at radius 2 is 1.89 bits per heavy atom. The average molecular weight is 270 g/mol. The standard InChI is InChI=1S/C15H30N2O2/c1-12(2)17(14(18)19-15(3,4)5)11-10-16-13-8-6-7-9-13/h12-13,16H,6-11H2,1-5H3. The van der Waals surface area contributed by atoms with Crippen molar-refractivity contribution in [1.82, 2.24) is 10.2 Å². The van der Waals surface area contributed by atoms with Crippen molar-refractivity contribution in [1.29, 1.82) is 0 Å². The van der Waals surface area contributed by atoms with Crippen molar-refractivity contribution in [3.8, 4) is 0 Å². The summed E-state index contributed by atoms with van der Waals surface area (Å²) in [5.41, 5.74) is -0.427. The molecule has 1 rings (SSSR count). The third kappa shape index (κ3) is 6.28. The number of hydrogen-bond acceptors (Lipinski definition) is 3. The molecule has 1 saturated carbocycles. The van der Waals surface area contributed by atoms with Gasteiger partial charge in [-0.3, -0.25) is 0 Å². The number of carbonyl (C=O) groups is 1. The number of nitrogens with zero attached hydrogens (tertiary/aromatic N) is 1. The van der Waals surface area contributed by atoms with Crippen molar-refractivity contribution < 1.29 is 9.53 Å². The van der Waals surface area contributed by atoms with Crippen molar-refractivity contribution >= 4 is 6.09 Å². The Balaban J connectivity index is 2.37. The van der Waals surface area contributed by atoms with Gasteiger partial charge in [-0.15, -0.1) is 0 Å². The van der Waals surface area contributed by atoms with E-state index >= 15 is 0 Å². The van der Waals surface area contributed by atoms with Crippen molar-refractivity contribution in [2.75, 3.05) is 13.1 Å². The second-order valence-electron chi connectivity index (χ2n) is 6.70. The van der Waals surface area contributed by atoms with E-state index in [1.165, 1.54) is 25.7 Å². The largest absolute Gasteiger partial charge is 0.444 e. The number of nitrogens with one attached hydrogen (secondary N) is 1. The molecule has 0 saturated heterocycles. The second kappa shape index (κ2) is 7.13. The van der Waals surface area contributed by atoms with Crippen LogP contribution in [0.3, 0.4) is 0 Å². The summed E-state index contributed by atoms with van der Waals surface area (Å²) in [6.07, 6.45) is 4.99. The zero-order valence-electron chi connectivity index (χ0n) is 13.2. The van der Waals surface area contributed by atoms with Gasteiger partial charge in [0.25, 0.3) is 0 Å². The highest BCUT2D eigenvalue weighted by molar-refractivity contribution is 5.68. The van der Waals surface area contributed by atoms with Crippen molar-refractivity contribution in [2.45, 2.75) is 78.0 Å². The third-order valence-corrected chi connectivity index (χ3v) is 3.39. The molecule has 0 aromatic carbocycles. The van der Waals surface area contributed by atoms with Gasteiger partial charge in [0, 0.05) is 25.2 Å². The molecule has 0 spiro atoms. The molecule has 1 aliphatic carbocycles. The highest BCUT2D eigenvalue weighted by Crippen LogP contribution is 2.17. The molecule has 0 heterocycles. The minimum absolute atomic E-state index is 0.167. The molecular weight excluding hydrogens is 240 g/mol. The summed E-state index contributed by atoms with van der Waals surface area (Å²) >= 11 is 0. The molecule has 19 heavy (non-hydrogen) atoms.